The highest BCUT2D eigenvalue weighted by Crippen LogP contribution is 2.12. The Bertz CT molecular complexity index is 1310. The summed E-state index contributed by atoms with van der Waals surface area (Å²) in [5.74, 6) is -1.04. The zero-order valence-corrected chi connectivity index (χ0v) is 39.8. The van der Waals surface area contributed by atoms with Crippen LogP contribution < -0.4 is 0 Å². The number of hydrogen-bond donors (Lipinski definition) is 0. The van der Waals surface area contributed by atoms with E-state index in [9.17, 15) is 14.4 Å². The van der Waals surface area contributed by atoms with Crippen LogP contribution in [0.5, 0.6) is 0 Å². The van der Waals surface area contributed by atoms with Crippen molar-refractivity contribution in [2.45, 2.75) is 213 Å². The Balaban J connectivity index is 4.55. The summed E-state index contributed by atoms with van der Waals surface area (Å²) in [6.07, 6.45) is 66.5. The van der Waals surface area contributed by atoms with Crippen molar-refractivity contribution in [2.75, 3.05) is 13.2 Å². The van der Waals surface area contributed by atoms with Gasteiger partial charge in [0.25, 0.3) is 0 Å². The molecule has 0 saturated heterocycles. The number of esters is 3. The molecule has 350 valence electrons. The van der Waals surface area contributed by atoms with Crippen LogP contribution in [-0.4, -0.2) is 37.2 Å². The van der Waals surface area contributed by atoms with Crippen LogP contribution >= 0.6 is 0 Å². The van der Waals surface area contributed by atoms with Crippen LogP contribution in [0.1, 0.15) is 207 Å². The van der Waals surface area contributed by atoms with Crippen molar-refractivity contribution in [3.05, 3.63) is 109 Å². The Morgan fingerprint density at radius 1 is 0.355 bits per heavy atom. The predicted octanol–water partition coefficient (Wildman–Crippen LogP) is 16.4. The Hall–Kier alpha value is -3.93. The third kappa shape index (κ3) is 47.1. The first-order chi connectivity index (χ1) is 30.5. The van der Waals surface area contributed by atoms with E-state index in [1.807, 2.05) is 0 Å². The van der Waals surface area contributed by atoms with Crippen LogP contribution in [-0.2, 0) is 28.6 Å². The van der Waals surface area contributed by atoms with Crippen LogP contribution in [0.4, 0.5) is 0 Å². The summed E-state index contributed by atoms with van der Waals surface area (Å²) in [5, 5.41) is 0. The van der Waals surface area contributed by atoms with Crippen molar-refractivity contribution in [2.24, 2.45) is 0 Å². The Labute approximate surface area is 380 Å². The largest absolute Gasteiger partial charge is 0.462 e. The molecule has 0 heterocycles. The quantitative estimate of drug-likeness (QED) is 0.0200. The lowest BCUT2D eigenvalue weighted by atomic mass is 10.1. The maximum Gasteiger partial charge on any atom is 0.306 e. The minimum Gasteiger partial charge on any atom is -0.462 e. The molecule has 0 rings (SSSR count). The molecule has 0 N–H and O–H groups in total. The van der Waals surface area contributed by atoms with Gasteiger partial charge in [0.2, 0.25) is 0 Å². The van der Waals surface area contributed by atoms with Crippen LogP contribution in [0.15, 0.2) is 109 Å². The summed E-state index contributed by atoms with van der Waals surface area (Å²) in [7, 11) is 0. The molecule has 62 heavy (non-hydrogen) atoms. The Morgan fingerprint density at radius 2 is 0.694 bits per heavy atom. The van der Waals surface area contributed by atoms with Gasteiger partial charge in [0.15, 0.2) is 6.10 Å². The zero-order valence-electron chi connectivity index (χ0n) is 39.8. The molecule has 0 aromatic rings. The van der Waals surface area contributed by atoms with E-state index >= 15 is 0 Å². The van der Waals surface area contributed by atoms with E-state index in [0.29, 0.717) is 25.7 Å². The second-order valence-corrected chi connectivity index (χ2v) is 16.0. The number of allylic oxidation sites excluding steroid dienone is 18. The lowest BCUT2D eigenvalue weighted by Crippen LogP contribution is -2.30. The first kappa shape index (κ1) is 58.1. The molecule has 0 bridgehead atoms. The number of rotatable bonds is 43. The van der Waals surface area contributed by atoms with E-state index in [1.54, 1.807) is 0 Å². The molecule has 0 saturated carbocycles. The zero-order chi connectivity index (χ0) is 45.1. The lowest BCUT2D eigenvalue weighted by molar-refractivity contribution is -0.167. The average Bonchev–Trinajstić information content (AvgIpc) is 3.27. The second kappa shape index (κ2) is 49.7. The van der Waals surface area contributed by atoms with Gasteiger partial charge in [-0.25, -0.2) is 0 Å². The van der Waals surface area contributed by atoms with E-state index in [1.165, 1.54) is 57.8 Å². The number of unbranched alkanes of at least 4 members (excludes halogenated alkanes) is 15. The van der Waals surface area contributed by atoms with Gasteiger partial charge in [0.1, 0.15) is 13.2 Å². The molecule has 6 heteroatoms. The highest BCUT2D eigenvalue weighted by atomic mass is 16.6. The Morgan fingerprint density at radius 3 is 1.18 bits per heavy atom. The minimum absolute atomic E-state index is 0.122. The van der Waals surface area contributed by atoms with E-state index in [2.05, 4.69) is 130 Å². The Kier molecular flexibility index (Phi) is 46.6. The smallest absolute Gasteiger partial charge is 0.306 e. The summed E-state index contributed by atoms with van der Waals surface area (Å²) in [6.45, 7) is 6.35. The van der Waals surface area contributed by atoms with Gasteiger partial charge in [-0.05, 0) is 116 Å². The van der Waals surface area contributed by atoms with E-state index in [0.717, 1.165) is 96.3 Å². The summed E-state index contributed by atoms with van der Waals surface area (Å²) in [6, 6.07) is 0. The van der Waals surface area contributed by atoms with Crippen molar-refractivity contribution in [1.29, 1.82) is 0 Å². The topological polar surface area (TPSA) is 78.9 Å². The molecule has 0 aromatic carbocycles. The maximum atomic E-state index is 12.8. The van der Waals surface area contributed by atoms with Crippen LogP contribution in [0.3, 0.4) is 0 Å². The van der Waals surface area contributed by atoms with Gasteiger partial charge in [0, 0.05) is 19.3 Å². The van der Waals surface area contributed by atoms with Gasteiger partial charge >= 0.3 is 17.9 Å². The molecule has 0 aliphatic heterocycles. The van der Waals surface area contributed by atoms with Crippen molar-refractivity contribution in [3.8, 4) is 0 Å². The molecule has 0 spiro atoms. The molecule has 0 fully saturated rings. The van der Waals surface area contributed by atoms with Crippen LogP contribution in [0.25, 0.3) is 0 Å². The third-order valence-corrected chi connectivity index (χ3v) is 10.0. The number of ether oxygens (including phenoxy) is 3. The van der Waals surface area contributed by atoms with E-state index in [-0.39, 0.29) is 37.5 Å². The lowest BCUT2D eigenvalue weighted by Gasteiger charge is -2.18. The van der Waals surface area contributed by atoms with Crippen molar-refractivity contribution < 1.29 is 28.6 Å². The summed E-state index contributed by atoms with van der Waals surface area (Å²) < 4.78 is 16.7. The fraction of sp³-hybridized carbons (Fsp3) is 0.625. The first-order valence-corrected chi connectivity index (χ1v) is 24.9. The third-order valence-electron chi connectivity index (χ3n) is 10.0. The van der Waals surface area contributed by atoms with Crippen LogP contribution in [0.2, 0.25) is 0 Å². The molecule has 0 amide bonds. The summed E-state index contributed by atoms with van der Waals surface area (Å²) in [4.78, 5) is 37.9. The van der Waals surface area contributed by atoms with E-state index < -0.39 is 6.10 Å². The number of carbonyl (C=O) groups is 3. The monoisotopic (exact) mass is 859 g/mol. The van der Waals surface area contributed by atoms with E-state index in [4.69, 9.17) is 14.2 Å². The molecular weight excluding hydrogens is 769 g/mol. The molecule has 0 aliphatic carbocycles. The summed E-state index contributed by atoms with van der Waals surface area (Å²) in [5.41, 5.74) is 0. The van der Waals surface area contributed by atoms with Gasteiger partial charge in [-0.3, -0.25) is 14.4 Å². The average molecular weight is 859 g/mol. The minimum atomic E-state index is -0.823. The fourth-order valence-electron chi connectivity index (χ4n) is 6.26. The van der Waals surface area contributed by atoms with Gasteiger partial charge < -0.3 is 14.2 Å². The van der Waals surface area contributed by atoms with Crippen molar-refractivity contribution >= 4 is 17.9 Å². The van der Waals surface area contributed by atoms with Gasteiger partial charge in [-0.2, -0.15) is 0 Å². The molecule has 0 aromatic heterocycles. The second-order valence-electron chi connectivity index (χ2n) is 16.0. The highest BCUT2D eigenvalue weighted by Gasteiger charge is 2.19. The maximum absolute atomic E-state index is 12.8. The molecule has 1 unspecified atom stereocenters. The van der Waals surface area contributed by atoms with Gasteiger partial charge in [-0.15, -0.1) is 0 Å². The van der Waals surface area contributed by atoms with Crippen LogP contribution in [0, 0.1) is 0 Å². The number of carbonyl (C=O) groups excluding carboxylic acids is 3. The molecular formula is C56H90O6. The highest BCUT2D eigenvalue weighted by molar-refractivity contribution is 5.71. The van der Waals surface area contributed by atoms with Gasteiger partial charge in [-0.1, -0.05) is 182 Å². The summed E-state index contributed by atoms with van der Waals surface area (Å²) >= 11 is 0. The normalized spacial score (nSPS) is 13.0. The molecule has 0 aliphatic rings. The predicted molar refractivity (Wildman–Crippen MR) is 265 cm³/mol. The SMILES string of the molecule is CC/C=C\C/C=C\C/C=C\CCCCC(=O)OCC(COC(=O)CCC/C=C\C/C=C\C/C=C\C/C=C\CCCCC)OC(=O)CCCCCCCC/C=C\C=C/CCCCC. The fourth-order valence-corrected chi connectivity index (χ4v) is 6.26. The molecule has 0 radical (unpaired) electrons. The molecule has 6 nitrogen and oxygen atoms in total. The molecule has 1 atom stereocenters. The number of hydrogen-bond acceptors (Lipinski definition) is 6. The van der Waals surface area contributed by atoms with Crippen molar-refractivity contribution in [3.63, 3.8) is 0 Å². The first-order valence-electron chi connectivity index (χ1n) is 24.9. The van der Waals surface area contributed by atoms with Crippen molar-refractivity contribution in [1.82, 2.24) is 0 Å². The van der Waals surface area contributed by atoms with Gasteiger partial charge in [0.05, 0.1) is 0 Å². The standard InChI is InChI=1S/C56H90O6/c1-4-7-10-13-16-19-22-25-27-28-30-31-34-37-40-43-46-49-55(58)61-52-53(51-60-54(57)48-45-42-39-36-33-24-21-18-15-12-9-6-3)62-56(59)50-47-44-41-38-35-32-29-26-23-20-17-14-11-8-5-2/h9,12,16-21,23,25-27,30-31,33,36-37,40,53H,4-8,10-11,13-15,22,24,28-29,32,34-35,38-39,41-52H2,1-3H3/b12-9-,19-16-,20-17-,21-18-,26-23-,27-25-,31-30-,36-33-,40-37-.